The minimum Gasteiger partial charge on any atom is -0.462 e. The van der Waals surface area contributed by atoms with Crippen LogP contribution in [0.4, 0.5) is 0 Å². The van der Waals surface area contributed by atoms with Crippen molar-refractivity contribution in [2.45, 2.75) is 180 Å². The fourth-order valence-corrected chi connectivity index (χ4v) is 6.32. The number of unbranched alkanes of at least 4 members (excludes halogenated alkanes) is 13. The summed E-state index contributed by atoms with van der Waals surface area (Å²) < 4.78 is 32.6. The van der Waals surface area contributed by atoms with E-state index >= 15 is 0 Å². The van der Waals surface area contributed by atoms with Crippen LogP contribution in [0.3, 0.4) is 0 Å². The molecule has 3 atom stereocenters. The van der Waals surface area contributed by atoms with Crippen molar-refractivity contribution in [2.24, 2.45) is 0 Å². The van der Waals surface area contributed by atoms with E-state index in [1.807, 2.05) is 12.2 Å². The summed E-state index contributed by atoms with van der Waals surface area (Å²) in [5.74, 6) is -1.04. The molecule has 11 heteroatoms. The molecule has 1 unspecified atom stereocenters. The van der Waals surface area contributed by atoms with Crippen LogP contribution in [0.15, 0.2) is 85.1 Å². The Morgan fingerprint density at radius 2 is 0.915 bits per heavy atom. The lowest BCUT2D eigenvalue weighted by molar-refractivity contribution is -0.161. The van der Waals surface area contributed by atoms with Gasteiger partial charge in [-0.3, -0.25) is 18.6 Å². The first-order valence-electron chi connectivity index (χ1n) is 22.5. The first-order chi connectivity index (χ1) is 28.7. The molecule has 10 nitrogen and oxygen atoms in total. The van der Waals surface area contributed by atoms with Gasteiger partial charge in [-0.1, -0.05) is 157 Å². The van der Waals surface area contributed by atoms with Crippen LogP contribution in [0, 0.1) is 0 Å². The molecule has 338 valence electrons. The summed E-state index contributed by atoms with van der Waals surface area (Å²) in [6, 6.07) is 0. The van der Waals surface area contributed by atoms with Gasteiger partial charge in [0, 0.05) is 12.8 Å². The molecular formula is C48H81O10P. The average molecular weight is 849 g/mol. The third-order valence-electron chi connectivity index (χ3n) is 9.04. The Balaban J connectivity index is 4.43. The Hall–Kier alpha value is -2.85. The number of esters is 2. The first kappa shape index (κ1) is 56.1. The summed E-state index contributed by atoms with van der Waals surface area (Å²) in [7, 11) is -4.65. The Bertz CT molecular complexity index is 1250. The lowest BCUT2D eigenvalue weighted by Crippen LogP contribution is -2.29. The Kier molecular flexibility index (Phi) is 41.2. The van der Waals surface area contributed by atoms with Gasteiger partial charge in [0.2, 0.25) is 0 Å². The molecule has 0 saturated heterocycles. The van der Waals surface area contributed by atoms with Gasteiger partial charge >= 0.3 is 19.8 Å². The van der Waals surface area contributed by atoms with Gasteiger partial charge in [0.1, 0.15) is 12.7 Å². The second-order valence-electron chi connectivity index (χ2n) is 14.7. The second-order valence-corrected chi connectivity index (χ2v) is 16.2. The fraction of sp³-hybridized carbons (Fsp3) is 0.667. The smallest absolute Gasteiger partial charge is 0.462 e. The largest absolute Gasteiger partial charge is 0.472 e. The second kappa shape index (κ2) is 43.2. The number of allylic oxidation sites excluding steroid dienone is 14. The fourth-order valence-electron chi connectivity index (χ4n) is 5.53. The van der Waals surface area contributed by atoms with Crippen LogP contribution in [0.5, 0.6) is 0 Å². The predicted octanol–water partition coefficient (Wildman–Crippen LogP) is 12.2. The van der Waals surface area contributed by atoms with E-state index < -0.39 is 51.8 Å². The maximum atomic E-state index is 12.6. The number of aliphatic hydroxyl groups is 2. The summed E-state index contributed by atoms with van der Waals surface area (Å²) in [6.45, 7) is 2.22. The molecule has 59 heavy (non-hydrogen) atoms. The molecule has 0 amide bonds. The highest BCUT2D eigenvalue weighted by Crippen LogP contribution is 2.43. The zero-order chi connectivity index (χ0) is 43.3. The maximum absolute atomic E-state index is 12.6. The lowest BCUT2D eigenvalue weighted by Gasteiger charge is -2.20. The summed E-state index contributed by atoms with van der Waals surface area (Å²) >= 11 is 0. The molecule has 3 N–H and O–H groups in total. The van der Waals surface area contributed by atoms with E-state index in [0.717, 1.165) is 57.8 Å². The van der Waals surface area contributed by atoms with E-state index in [1.165, 1.54) is 70.6 Å². The summed E-state index contributed by atoms with van der Waals surface area (Å²) in [4.78, 5) is 35.0. The highest BCUT2D eigenvalue weighted by Gasteiger charge is 2.27. The molecule has 0 bridgehead atoms. The van der Waals surface area contributed by atoms with Crippen LogP contribution in [-0.2, 0) is 32.7 Å². The quantitative estimate of drug-likeness (QED) is 0.0235. The van der Waals surface area contributed by atoms with Crippen molar-refractivity contribution >= 4 is 19.8 Å². The molecular weight excluding hydrogens is 767 g/mol. The number of phosphoric acid groups is 1. The monoisotopic (exact) mass is 849 g/mol. The van der Waals surface area contributed by atoms with E-state index in [2.05, 4.69) is 91.3 Å². The van der Waals surface area contributed by atoms with E-state index in [1.54, 1.807) is 0 Å². The van der Waals surface area contributed by atoms with Crippen molar-refractivity contribution in [1.82, 2.24) is 0 Å². The van der Waals surface area contributed by atoms with Crippen molar-refractivity contribution in [3.05, 3.63) is 85.1 Å². The predicted molar refractivity (Wildman–Crippen MR) is 242 cm³/mol. The lowest BCUT2D eigenvalue weighted by atomic mass is 10.1. The molecule has 0 heterocycles. The zero-order valence-corrected chi connectivity index (χ0v) is 37.6. The highest BCUT2D eigenvalue weighted by molar-refractivity contribution is 7.47. The molecule has 0 aliphatic heterocycles. The Morgan fingerprint density at radius 1 is 0.508 bits per heavy atom. The Morgan fingerprint density at radius 3 is 1.39 bits per heavy atom. The molecule has 0 spiro atoms. The van der Waals surface area contributed by atoms with Crippen LogP contribution >= 0.6 is 7.82 Å². The maximum Gasteiger partial charge on any atom is 0.472 e. The number of carbonyl (C=O) groups is 2. The number of carbonyl (C=O) groups excluding carboxylic acids is 2. The molecule has 0 aromatic heterocycles. The third kappa shape index (κ3) is 43.1. The van der Waals surface area contributed by atoms with Gasteiger partial charge in [-0.05, 0) is 83.5 Å². The molecule has 0 aliphatic rings. The molecule has 0 saturated carbocycles. The number of hydrogen-bond donors (Lipinski definition) is 3. The van der Waals surface area contributed by atoms with E-state index in [0.29, 0.717) is 12.8 Å². The summed E-state index contributed by atoms with van der Waals surface area (Å²) in [5, 5.41) is 18.3. The van der Waals surface area contributed by atoms with Gasteiger partial charge in [-0.15, -0.1) is 0 Å². The standard InChI is InChI=1S/C48H81O10P/c1-3-5-7-9-11-13-15-17-19-21-22-24-26-28-30-32-34-36-38-40-48(52)58-46(44-57-59(53,54)56-42-45(50)41-49)43-55-47(51)39-37-35-33-31-29-27-25-23-20-18-16-14-12-10-8-6-4-2/h11-14,17-20,22,24,28,30,34,36,45-46,49-50H,3-10,15-16,21,23,25-27,29,31-33,35,37-44H2,1-2H3,(H,53,54)/b13-11+,14-12+,19-17+,20-18+,24-22+,30-28+,36-34+/t45-,46+/m0/s1. The van der Waals surface area contributed by atoms with Crippen molar-refractivity contribution in [1.29, 1.82) is 0 Å². The molecule has 0 aromatic carbocycles. The highest BCUT2D eigenvalue weighted by atomic mass is 31.2. The van der Waals surface area contributed by atoms with Gasteiger partial charge in [0.15, 0.2) is 6.10 Å². The molecule has 0 fully saturated rings. The number of rotatable bonds is 41. The number of hydrogen-bond acceptors (Lipinski definition) is 9. The SMILES string of the molecule is CCCCC/C=C/C/C=C/C/C=C/C/C=C/C/C=C/CCC(=O)O[C@H](COC(=O)CCCCCCCCC/C=C/C/C=C/CCCCC)COP(=O)(O)OC[C@@H](O)CO. The number of ether oxygens (including phenoxy) is 2. The van der Waals surface area contributed by atoms with E-state index in [-0.39, 0.29) is 19.4 Å². The van der Waals surface area contributed by atoms with Crippen molar-refractivity contribution in [3.63, 3.8) is 0 Å². The minimum absolute atomic E-state index is 0.0547. The van der Waals surface area contributed by atoms with E-state index in [4.69, 9.17) is 19.1 Å². The minimum atomic E-state index is -4.65. The molecule has 0 aromatic rings. The third-order valence-corrected chi connectivity index (χ3v) is 9.99. The van der Waals surface area contributed by atoms with Crippen molar-refractivity contribution < 1.29 is 47.8 Å². The van der Waals surface area contributed by atoms with Gasteiger partial charge in [-0.2, -0.15) is 0 Å². The number of aliphatic hydroxyl groups excluding tert-OH is 2. The normalized spacial score (nSPS) is 14.6. The number of phosphoric ester groups is 1. The summed E-state index contributed by atoms with van der Waals surface area (Å²) in [6.07, 6.45) is 51.3. The van der Waals surface area contributed by atoms with Crippen LogP contribution < -0.4 is 0 Å². The topological polar surface area (TPSA) is 149 Å². The van der Waals surface area contributed by atoms with Crippen LogP contribution in [0.25, 0.3) is 0 Å². The van der Waals surface area contributed by atoms with Crippen LogP contribution in [-0.4, -0.2) is 65.7 Å². The molecule has 0 aliphatic carbocycles. The zero-order valence-electron chi connectivity index (χ0n) is 36.7. The first-order valence-corrected chi connectivity index (χ1v) is 24.0. The van der Waals surface area contributed by atoms with Crippen LogP contribution in [0.1, 0.15) is 168 Å². The van der Waals surface area contributed by atoms with E-state index in [9.17, 15) is 24.2 Å². The van der Waals surface area contributed by atoms with Crippen molar-refractivity contribution in [2.75, 3.05) is 26.4 Å². The van der Waals surface area contributed by atoms with Gasteiger partial charge < -0.3 is 24.6 Å². The molecule has 0 rings (SSSR count). The Labute approximate surface area is 358 Å². The summed E-state index contributed by atoms with van der Waals surface area (Å²) in [5.41, 5.74) is 0. The van der Waals surface area contributed by atoms with Gasteiger partial charge in [0.05, 0.1) is 19.8 Å². The van der Waals surface area contributed by atoms with Crippen molar-refractivity contribution in [3.8, 4) is 0 Å². The van der Waals surface area contributed by atoms with Gasteiger partial charge in [0.25, 0.3) is 0 Å². The van der Waals surface area contributed by atoms with Crippen LogP contribution in [0.2, 0.25) is 0 Å². The average Bonchev–Trinajstić information content (AvgIpc) is 3.22. The van der Waals surface area contributed by atoms with Gasteiger partial charge in [-0.25, -0.2) is 4.57 Å². The molecule has 0 radical (unpaired) electrons.